The summed E-state index contributed by atoms with van der Waals surface area (Å²) in [4.78, 5) is 19.3. The lowest BCUT2D eigenvalue weighted by molar-refractivity contribution is 0.0701. The molecule has 0 spiro atoms. The number of pyridine rings is 1. The van der Waals surface area contributed by atoms with Gasteiger partial charge in [-0.25, -0.2) is 4.98 Å². The van der Waals surface area contributed by atoms with Gasteiger partial charge in [0.2, 0.25) is 0 Å². The zero-order valence-electron chi connectivity index (χ0n) is 11.9. The quantitative estimate of drug-likeness (QED) is 0.863. The lowest BCUT2D eigenvalue weighted by atomic mass is 10.1. The van der Waals surface area contributed by atoms with Gasteiger partial charge < -0.3 is 14.0 Å². The molecule has 4 rings (SSSR count). The molecule has 2 aromatic rings. The van der Waals surface area contributed by atoms with Crippen LogP contribution in [0.4, 0.5) is 0 Å². The van der Waals surface area contributed by atoms with Gasteiger partial charge in [0.15, 0.2) is 0 Å². The fourth-order valence-corrected chi connectivity index (χ4v) is 2.97. The second kappa shape index (κ2) is 5.15. The van der Waals surface area contributed by atoms with Gasteiger partial charge in [-0.2, -0.15) is 0 Å². The number of rotatable bonds is 4. The van der Waals surface area contributed by atoms with Crippen molar-refractivity contribution in [1.29, 1.82) is 0 Å². The van der Waals surface area contributed by atoms with E-state index in [0.717, 1.165) is 44.7 Å². The molecule has 1 amide bonds. The van der Waals surface area contributed by atoms with Crippen molar-refractivity contribution in [2.75, 3.05) is 19.8 Å². The SMILES string of the molecule is O=C(c1cn2ccccc2n1)N(CC1CCOC1)C1CC1. The number of hydrogen-bond acceptors (Lipinski definition) is 3. The molecule has 2 aliphatic rings. The van der Waals surface area contributed by atoms with E-state index >= 15 is 0 Å². The Morgan fingerprint density at radius 3 is 3.00 bits per heavy atom. The van der Waals surface area contributed by atoms with Gasteiger partial charge in [-0.1, -0.05) is 6.07 Å². The first-order valence-electron chi connectivity index (χ1n) is 7.64. The first kappa shape index (κ1) is 12.8. The molecule has 0 N–H and O–H groups in total. The number of carbonyl (C=O) groups excluding carboxylic acids is 1. The van der Waals surface area contributed by atoms with Crippen LogP contribution < -0.4 is 0 Å². The number of nitrogens with zero attached hydrogens (tertiary/aromatic N) is 3. The zero-order valence-corrected chi connectivity index (χ0v) is 11.9. The minimum atomic E-state index is 0.0631. The number of amides is 1. The van der Waals surface area contributed by atoms with Gasteiger partial charge >= 0.3 is 0 Å². The first-order valence-corrected chi connectivity index (χ1v) is 7.64. The number of fused-ring (bicyclic) bond motifs is 1. The number of hydrogen-bond donors (Lipinski definition) is 0. The molecule has 1 aliphatic carbocycles. The Morgan fingerprint density at radius 1 is 1.38 bits per heavy atom. The summed E-state index contributed by atoms with van der Waals surface area (Å²) in [6.45, 7) is 2.41. The lowest BCUT2D eigenvalue weighted by Gasteiger charge is -2.24. The normalized spacial score (nSPS) is 21.8. The maximum Gasteiger partial charge on any atom is 0.274 e. The third-order valence-electron chi connectivity index (χ3n) is 4.31. The van der Waals surface area contributed by atoms with E-state index in [4.69, 9.17) is 4.74 Å². The average Bonchev–Trinajstić information content (AvgIpc) is 3.04. The molecular weight excluding hydrogens is 266 g/mol. The molecule has 5 heteroatoms. The predicted molar refractivity (Wildman–Crippen MR) is 78.2 cm³/mol. The van der Waals surface area contributed by atoms with E-state index in [1.807, 2.05) is 39.9 Å². The highest BCUT2D eigenvalue weighted by Crippen LogP contribution is 2.30. The summed E-state index contributed by atoms with van der Waals surface area (Å²) in [6, 6.07) is 6.20. The van der Waals surface area contributed by atoms with Crippen molar-refractivity contribution in [3.8, 4) is 0 Å². The van der Waals surface area contributed by atoms with Gasteiger partial charge in [0, 0.05) is 37.5 Å². The highest BCUT2D eigenvalue weighted by atomic mass is 16.5. The van der Waals surface area contributed by atoms with Gasteiger partial charge in [-0.05, 0) is 31.4 Å². The van der Waals surface area contributed by atoms with Gasteiger partial charge in [0.25, 0.3) is 5.91 Å². The van der Waals surface area contributed by atoms with E-state index in [2.05, 4.69) is 4.98 Å². The molecule has 1 atom stereocenters. The highest BCUT2D eigenvalue weighted by Gasteiger charge is 2.36. The summed E-state index contributed by atoms with van der Waals surface area (Å²) in [7, 11) is 0. The molecule has 0 bridgehead atoms. The molecule has 0 aromatic carbocycles. The van der Waals surface area contributed by atoms with Gasteiger partial charge in [-0.3, -0.25) is 4.79 Å². The first-order chi connectivity index (χ1) is 10.3. The van der Waals surface area contributed by atoms with Crippen molar-refractivity contribution in [3.05, 3.63) is 36.3 Å². The summed E-state index contributed by atoms with van der Waals surface area (Å²) < 4.78 is 7.33. The van der Waals surface area contributed by atoms with Crippen molar-refractivity contribution >= 4 is 11.6 Å². The molecular formula is C16H19N3O2. The largest absolute Gasteiger partial charge is 0.381 e. The predicted octanol–water partition coefficient (Wildman–Crippen LogP) is 1.98. The van der Waals surface area contributed by atoms with E-state index in [1.165, 1.54) is 0 Å². The third-order valence-corrected chi connectivity index (χ3v) is 4.31. The van der Waals surface area contributed by atoms with Crippen LogP contribution in [0, 0.1) is 5.92 Å². The second-order valence-electron chi connectivity index (χ2n) is 6.01. The molecule has 1 aliphatic heterocycles. The van der Waals surface area contributed by atoms with Crippen LogP contribution >= 0.6 is 0 Å². The Morgan fingerprint density at radius 2 is 2.29 bits per heavy atom. The summed E-state index contributed by atoms with van der Waals surface area (Å²) >= 11 is 0. The molecule has 2 fully saturated rings. The third kappa shape index (κ3) is 2.53. The summed E-state index contributed by atoms with van der Waals surface area (Å²) in [6.07, 6.45) is 7.05. The molecule has 1 unspecified atom stereocenters. The van der Waals surface area contributed by atoms with Crippen LogP contribution in [0.3, 0.4) is 0 Å². The van der Waals surface area contributed by atoms with Crippen molar-refractivity contribution < 1.29 is 9.53 Å². The van der Waals surface area contributed by atoms with Crippen LogP contribution in [0.2, 0.25) is 0 Å². The van der Waals surface area contributed by atoms with E-state index in [9.17, 15) is 4.79 Å². The Bertz CT molecular complexity index is 623. The minimum absolute atomic E-state index is 0.0631. The highest BCUT2D eigenvalue weighted by molar-refractivity contribution is 5.93. The van der Waals surface area contributed by atoms with E-state index in [-0.39, 0.29) is 5.91 Å². The van der Waals surface area contributed by atoms with Crippen molar-refractivity contribution in [2.45, 2.75) is 25.3 Å². The Hall–Kier alpha value is -1.88. The Balaban J connectivity index is 1.57. The molecule has 1 saturated carbocycles. The zero-order chi connectivity index (χ0) is 14.2. The maximum absolute atomic E-state index is 12.8. The van der Waals surface area contributed by atoms with Gasteiger partial charge in [0.1, 0.15) is 11.3 Å². The minimum Gasteiger partial charge on any atom is -0.381 e. The van der Waals surface area contributed by atoms with Crippen molar-refractivity contribution in [1.82, 2.24) is 14.3 Å². The Kier molecular flexibility index (Phi) is 3.15. The molecule has 21 heavy (non-hydrogen) atoms. The molecule has 3 heterocycles. The van der Waals surface area contributed by atoms with Crippen LogP contribution in [0.1, 0.15) is 29.8 Å². The van der Waals surface area contributed by atoms with E-state index in [1.54, 1.807) is 0 Å². The number of carbonyl (C=O) groups is 1. The smallest absolute Gasteiger partial charge is 0.274 e. The van der Waals surface area contributed by atoms with Crippen molar-refractivity contribution in [3.63, 3.8) is 0 Å². The van der Waals surface area contributed by atoms with Crippen molar-refractivity contribution in [2.24, 2.45) is 5.92 Å². The number of ether oxygens (including phenoxy) is 1. The molecule has 110 valence electrons. The number of aromatic nitrogens is 2. The molecule has 2 aromatic heterocycles. The van der Waals surface area contributed by atoms with Crippen LogP contribution in [-0.2, 0) is 4.74 Å². The molecule has 1 saturated heterocycles. The van der Waals surface area contributed by atoms with E-state index < -0.39 is 0 Å². The van der Waals surface area contributed by atoms with Crippen LogP contribution in [0.5, 0.6) is 0 Å². The fraction of sp³-hybridized carbons (Fsp3) is 0.500. The second-order valence-corrected chi connectivity index (χ2v) is 6.01. The Labute approximate surface area is 123 Å². The summed E-state index contributed by atoms with van der Waals surface area (Å²) in [5.41, 5.74) is 1.37. The number of imidazole rings is 1. The topological polar surface area (TPSA) is 46.8 Å². The molecule has 0 radical (unpaired) electrons. The molecule has 5 nitrogen and oxygen atoms in total. The monoisotopic (exact) mass is 285 g/mol. The van der Waals surface area contributed by atoms with Crippen LogP contribution in [0.25, 0.3) is 5.65 Å². The van der Waals surface area contributed by atoms with Crippen LogP contribution in [0.15, 0.2) is 30.6 Å². The summed E-state index contributed by atoms with van der Waals surface area (Å²) in [5, 5.41) is 0. The average molecular weight is 285 g/mol. The van der Waals surface area contributed by atoms with Gasteiger partial charge in [0.05, 0.1) is 6.61 Å². The van der Waals surface area contributed by atoms with E-state index in [0.29, 0.717) is 17.7 Å². The van der Waals surface area contributed by atoms with Crippen LogP contribution in [-0.4, -0.2) is 46.0 Å². The maximum atomic E-state index is 12.8. The summed E-state index contributed by atoms with van der Waals surface area (Å²) in [5.74, 6) is 0.541. The van der Waals surface area contributed by atoms with Gasteiger partial charge in [-0.15, -0.1) is 0 Å². The standard InChI is InChI=1S/C16H19N3O2/c20-16(14-10-18-7-2-1-3-15(18)17-14)19(13-4-5-13)9-12-6-8-21-11-12/h1-3,7,10,12-13H,4-6,8-9,11H2. The lowest BCUT2D eigenvalue weighted by Crippen LogP contribution is -2.37. The fourth-order valence-electron chi connectivity index (χ4n) is 2.97.